The number of anilines is 1. The van der Waals surface area contributed by atoms with E-state index in [1.165, 1.54) is 24.6 Å². The summed E-state index contributed by atoms with van der Waals surface area (Å²) < 4.78 is 13.9. The van der Waals surface area contributed by atoms with E-state index in [0.29, 0.717) is 10.5 Å². The Morgan fingerprint density at radius 2 is 1.83 bits per heavy atom. The minimum absolute atomic E-state index is 0.103. The van der Waals surface area contributed by atoms with Gasteiger partial charge in [0.25, 0.3) is 0 Å². The standard InChI is InChI=1S/C18H18FNO2S/c1-3-13-4-7-15(8-5-13)20-18(22)11-23-17-9-6-14(12(2)21)10-16(17)19/h4-10H,3,11H2,1-2H3,(H,20,22). The molecule has 0 spiro atoms. The van der Waals surface area contributed by atoms with Gasteiger partial charge in [0.1, 0.15) is 5.82 Å². The molecule has 0 fully saturated rings. The monoisotopic (exact) mass is 331 g/mol. The molecule has 0 heterocycles. The molecule has 2 aromatic carbocycles. The second-order valence-electron chi connectivity index (χ2n) is 5.09. The molecule has 0 bridgehead atoms. The number of hydrogen-bond acceptors (Lipinski definition) is 3. The van der Waals surface area contributed by atoms with Crippen molar-refractivity contribution in [1.29, 1.82) is 0 Å². The highest BCUT2D eigenvalue weighted by atomic mass is 32.2. The second-order valence-corrected chi connectivity index (χ2v) is 6.11. The number of amides is 1. The summed E-state index contributed by atoms with van der Waals surface area (Å²) in [5.74, 6) is -0.767. The molecule has 0 atom stereocenters. The van der Waals surface area contributed by atoms with Gasteiger partial charge in [-0.15, -0.1) is 11.8 Å². The number of hydrogen-bond donors (Lipinski definition) is 1. The van der Waals surface area contributed by atoms with Crippen molar-refractivity contribution in [2.75, 3.05) is 11.1 Å². The maximum atomic E-state index is 13.9. The van der Waals surface area contributed by atoms with Crippen molar-refractivity contribution < 1.29 is 14.0 Å². The summed E-state index contributed by atoms with van der Waals surface area (Å²) in [5, 5.41) is 2.78. The largest absolute Gasteiger partial charge is 0.325 e. The van der Waals surface area contributed by atoms with Gasteiger partial charge < -0.3 is 5.32 Å². The van der Waals surface area contributed by atoms with Crippen LogP contribution in [-0.4, -0.2) is 17.4 Å². The van der Waals surface area contributed by atoms with Gasteiger partial charge in [-0.05, 0) is 43.2 Å². The summed E-state index contributed by atoms with van der Waals surface area (Å²) in [7, 11) is 0. The number of thioether (sulfide) groups is 1. The summed E-state index contributed by atoms with van der Waals surface area (Å²) in [6.45, 7) is 3.45. The number of carbonyl (C=O) groups excluding carboxylic acids is 2. The molecule has 0 aromatic heterocycles. The van der Waals surface area contributed by atoms with Crippen LogP contribution in [0.1, 0.15) is 29.8 Å². The quantitative estimate of drug-likeness (QED) is 0.633. The first-order valence-corrected chi connectivity index (χ1v) is 8.30. The highest BCUT2D eigenvalue weighted by Crippen LogP contribution is 2.23. The zero-order valence-corrected chi connectivity index (χ0v) is 13.9. The van der Waals surface area contributed by atoms with E-state index in [1.54, 1.807) is 6.07 Å². The van der Waals surface area contributed by atoms with Crippen molar-refractivity contribution in [3.05, 3.63) is 59.4 Å². The number of halogens is 1. The van der Waals surface area contributed by atoms with Crippen LogP contribution in [0.15, 0.2) is 47.4 Å². The molecule has 3 nitrogen and oxygen atoms in total. The number of ketones is 1. The Bertz CT molecular complexity index is 713. The van der Waals surface area contributed by atoms with Crippen molar-refractivity contribution in [1.82, 2.24) is 0 Å². The van der Waals surface area contributed by atoms with Gasteiger partial charge >= 0.3 is 0 Å². The zero-order chi connectivity index (χ0) is 16.8. The summed E-state index contributed by atoms with van der Waals surface area (Å²) in [5.41, 5.74) is 2.25. The van der Waals surface area contributed by atoms with Gasteiger partial charge in [-0.3, -0.25) is 9.59 Å². The summed E-state index contributed by atoms with van der Waals surface area (Å²) >= 11 is 1.10. The molecular weight excluding hydrogens is 313 g/mol. The van der Waals surface area contributed by atoms with Gasteiger partial charge in [-0.1, -0.05) is 25.1 Å². The van der Waals surface area contributed by atoms with E-state index in [0.717, 1.165) is 23.9 Å². The van der Waals surface area contributed by atoms with E-state index in [-0.39, 0.29) is 17.4 Å². The molecule has 0 radical (unpaired) electrons. The van der Waals surface area contributed by atoms with Crippen LogP contribution >= 0.6 is 11.8 Å². The minimum Gasteiger partial charge on any atom is -0.325 e. The summed E-state index contributed by atoms with van der Waals surface area (Å²) in [4.78, 5) is 23.5. The van der Waals surface area contributed by atoms with Gasteiger partial charge in [-0.25, -0.2) is 4.39 Å². The topological polar surface area (TPSA) is 46.2 Å². The van der Waals surface area contributed by atoms with Gasteiger partial charge in [0.15, 0.2) is 5.78 Å². The second kappa shape index (κ2) is 7.92. The molecule has 0 aliphatic rings. The van der Waals surface area contributed by atoms with Crippen LogP contribution in [0.4, 0.5) is 10.1 Å². The SMILES string of the molecule is CCc1ccc(NC(=O)CSc2ccc(C(C)=O)cc2F)cc1. The van der Waals surface area contributed by atoms with Crippen LogP contribution in [0, 0.1) is 5.82 Å². The molecular formula is C18H18FNO2S. The summed E-state index contributed by atoms with van der Waals surface area (Å²) in [6, 6.07) is 11.9. The first kappa shape index (κ1) is 17.2. The Kier molecular flexibility index (Phi) is 5.93. The van der Waals surface area contributed by atoms with E-state index in [1.807, 2.05) is 24.3 Å². The Labute approximate surface area is 139 Å². The first-order chi connectivity index (χ1) is 11.0. The van der Waals surface area contributed by atoms with Gasteiger partial charge in [0.05, 0.1) is 5.75 Å². The molecule has 2 rings (SSSR count). The fraction of sp³-hybridized carbons (Fsp3) is 0.222. The fourth-order valence-corrected chi connectivity index (χ4v) is 2.72. The van der Waals surface area contributed by atoms with E-state index in [9.17, 15) is 14.0 Å². The van der Waals surface area contributed by atoms with Crippen LogP contribution in [0.3, 0.4) is 0 Å². The Hall–Kier alpha value is -2.14. The molecule has 1 amide bonds. The lowest BCUT2D eigenvalue weighted by Gasteiger charge is -2.07. The average molecular weight is 331 g/mol. The van der Waals surface area contributed by atoms with E-state index in [2.05, 4.69) is 12.2 Å². The molecule has 0 aliphatic carbocycles. The van der Waals surface area contributed by atoms with Crippen LogP contribution in [0.25, 0.3) is 0 Å². The van der Waals surface area contributed by atoms with Crippen molar-refractivity contribution in [2.24, 2.45) is 0 Å². The maximum absolute atomic E-state index is 13.9. The van der Waals surface area contributed by atoms with Crippen molar-refractivity contribution >= 4 is 29.1 Å². The molecule has 5 heteroatoms. The Balaban J connectivity index is 1.92. The number of aryl methyl sites for hydroxylation is 1. The number of Topliss-reactive ketones (excluding diaryl/α,β-unsaturated/α-hetero) is 1. The third kappa shape index (κ3) is 4.93. The van der Waals surface area contributed by atoms with Crippen molar-refractivity contribution in [2.45, 2.75) is 25.2 Å². The lowest BCUT2D eigenvalue weighted by molar-refractivity contribution is -0.113. The molecule has 0 saturated heterocycles. The number of benzene rings is 2. The maximum Gasteiger partial charge on any atom is 0.234 e. The summed E-state index contributed by atoms with van der Waals surface area (Å²) in [6.07, 6.45) is 0.944. The lowest BCUT2D eigenvalue weighted by atomic mass is 10.1. The third-order valence-corrected chi connectivity index (χ3v) is 4.39. The Morgan fingerprint density at radius 1 is 1.13 bits per heavy atom. The number of rotatable bonds is 6. The Morgan fingerprint density at radius 3 is 2.39 bits per heavy atom. The minimum atomic E-state index is -0.484. The molecule has 120 valence electrons. The van der Waals surface area contributed by atoms with Crippen LogP contribution in [0.5, 0.6) is 0 Å². The third-order valence-electron chi connectivity index (χ3n) is 3.34. The zero-order valence-electron chi connectivity index (χ0n) is 13.1. The molecule has 2 aromatic rings. The number of nitrogens with one attached hydrogen (secondary N) is 1. The molecule has 0 unspecified atom stereocenters. The molecule has 0 aliphatic heterocycles. The van der Waals surface area contributed by atoms with Crippen LogP contribution < -0.4 is 5.32 Å². The molecule has 23 heavy (non-hydrogen) atoms. The van der Waals surface area contributed by atoms with Crippen LogP contribution in [-0.2, 0) is 11.2 Å². The number of carbonyl (C=O) groups is 2. The lowest BCUT2D eigenvalue weighted by Crippen LogP contribution is -2.14. The average Bonchev–Trinajstić information content (AvgIpc) is 2.54. The van der Waals surface area contributed by atoms with Crippen molar-refractivity contribution in [3.63, 3.8) is 0 Å². The van der Waals surface area contributed by atoms with Gasteiger partial charge in [0, 0.05) is 16.1 Å². The molecule has 1 N–H and O–H groups in total. The van der Waals surface area contributed by atoms with E-state index >= 15 is 0 Å². The van der Waals surface area contributed by atoms with Crippen LogP contribution in [0.2, 0.25) is 0 Å². The normalized spacial score (nSPS) is 10.4. The fourth-order valence-electron chi connectivity index (χ4n) is 2.00. The van der Waals surface area contributed by atoms with E-state index in [4.69, 9.17) is 0 Å². The van der Waals surface area contributed by atoms with Gasteiger partial charge in [0.2, 0.25) is 5.91 Å². The van der Waals surface area contributed by atoms with Gasteiger partial charge in [-0.2, -0.15) is 0 Å². The predicted octanol–water partition coefficient (Wildman–Crippen LogP) is 4.32. The highest BCUT2D eigenvalue weighted by Gasteiger charge is 2.09. The van der Waals surface area contributed by atoms with E-state index < -0.39 is 5.82 Å². The van der Waals surface area contributed by atoms with Crippen molar-refractivity contribution in [3.8, 4) is 0 Å². The predicted molar refractivity (Wildman–Crippen MR) is 91.6 cm³/mol. The first-order valence-electron chi connectivity index (χ1n) is 7.31. The molecule has 0 saturated carbocycles. The highest BCUT2D eigenvalue weighted by molar-refractivity contribution is 8.00. The smallest absolute Gasteiger partial charge is 0.234 e.